The number of aryl methyl sites for hydroxylation is 1. The van der Waals surface area contributed by atoms with Crippen LogP contribution in [0.5, 0.6) is 0 Å². The van der Waals surface area contributed by atoms with E-state index in [9.17, 15) is 0 Å². The van der Waals surface area contributed by atoms with Crippen LogP contribution in [0.25, 0.3) is 11.1 Å². The van der Waals surface area contributed by atoms with Gasteiger partial charge in [0.25, 0.3) is 0 Å². The van der Waals surface area contributed by atoms with Crippen LogP contribution in [0.2, 0.25) is 0 Å². The largest absolute Gasteiger partial charge is 0.125 e. The first kappa shape index (κ1) is 19.5. The van der Waals surface area contributed by atoms with Crippen molar-refractivity contribution in [2.45, 2.75) is 33.1 Å². The molecule has 0 saturated heterocycles. The minimum absolute atomic E-state index is 0.858. The minimum atomic E-state index is 0.858. The number of benzene rings is 2. The van der Waals surface area contributed by atoms with E-state index in [0.29, 0.717) is 0 Å². The number of hydrogen-bond donors (Lipinski definition) is 0. The van der Waals surface area contributed by atoms with Crippen LogP contribution in [-0.4, -0.2) is 0 Å². The SMILES string of the molecule is C=C=C(CCc1ccc(-c2ccc(CC(=C)C(=C)C)cc2)cc1)C(=C)C. The zero-order chi connectivity index (χ0) is 19.1. The monoisotopic (exact) mass is 340 g/mol. The predicted octanol–water partition coefficient (Wildman–Crippen LogP) is 7.25. The lowest BCUT2D eigenvalue weighted by molar-refractivity contribution is 0.952. The maximum atomic E-state index is 4.07. The molecule has 2 aromatic rings. The molecule has 0 spiro atoms. The summed E-state index contributed by atoms with van der Waals surface area (Å²) in [4.78, 5) is 0. The van der Waals surface area contributed by atoms with E-state index in [2.05, 4.69) is 80.6 Å². The Balaban J connectivity index is 2.04. The van der Waals surface area contributed by atoms with Gasteiger partial charge in [0.15, 0.2) is 0 Å². The standard InChI is InChI=1S/C26H28/c1-7-24(20(4)5)13-8-22-9-14-25(15-10-22)26-16-11-23(12-17-26)18-21(6)19(2)3/h9-12,14-17H,1-2,4,6,8,13,18H2,3,5H3. The van der Waals surface area contributed by atoms with E-state index in [-0.39, 0.29) is 0 Å². The molecule has 0 nitrogen and oxygen atoms in total. The van der Waals surface area contributed by atoms with Gasteiger partial charge in [0.05, 0.1) is 0 Å². The fraction of sp³-hybridized carbons (Fsp3) is 0.192. The Morgan fingerprint density at radius 1 is 0.769 bits per heavy atom. The van der Waals surface area contributed by atoms with Gasteiger partial charge in [-0.2, -0.15) is 0 Å². The second-order valence-electron chi connectivity index (χ2n) is 6.89. The summed E-state index contributed by atoms with van der Waals surface area (Å²) >= 11 is 0. The van der Waals surface area contributed by atoms with Crippen molar-refractivity contribution in [3.63, 3.8) is 0 Å². The van der Waals surface area contributed by atoms with Gasteiger partial charge >= 0.3 is 0 Å². The van der Waals surface area contributed by atoms with E-state index >= 15 is 0 Å². The molecule has 0 radical (unpaired) electrons. The minimum Gasteiger partial charge on any atom is -0.125 e. The average molecular weight is 341 g/mol. The van der Waals surface area contributed by atoms with Crippen LogP contribution < -0.4 is 0 Å². The van der Waals surface area contributed by atoms with Crippen LogP contribution in [0, 0.1) is 0 Å². The highest BCUT2D eigenvalue weighted by atomic mass is 14.1. The van der Waals surface area contributed by atoms with Crippen LogP contribution in [0.3, 0.4) is 0 Å². The molecule has 0 heterocycles. The van der Waals surface area contributed by atoms with E-state index in [4.69, 9.17) is 0 Å². The van der Waals surface area contributed by atoms with E-state index in [1.807, 2.05) is 13.8 Å². The second-order valence-corrected chi connectivity index (χ2v) is 6.89. The van der Waals surface area contributed by atoms with Crippen LogP contribution in [-0.2, 0) is 12.8 Å². The van der Waals surface area contributed by atoms with Gasteiger partial charge in [-0.1, -0.05) is 80.4 Å². The van der Waals surface area contributed by atoms with Crippen molar-refractivity contribution < 1.29 is 0 Å². The number of rotatable bonds is 8. The molecule has 0 N–H and O–H groups in total. The highest BCUT2D eigenvalue weighted by Crippen LogP contribution is 2.23. The third-order valence-corrected chi connectivity index (χ3v) is 4.65. The quantitative estimate of drug-likeness (QED) is 0.351. The Morgan fingerprint density at radius 2 is 1.27 bits per heavy atom. The van der Waals surface area contributed by atoms with Crippen LogP contribution in [0.1, 0.15) is 31.4 Å². The topological polar surface area (TPSA) is 0 Å². The van der Waals surface area contributed by atoms with Crippen molar-refractivity contribution in [1.29, 1.82) is 0 Å². The molecule has 0 aliphatic carbocycles. The summed E-state index contributed by atoms with van der Waals surface area (Å²) in [5, 5.41) is 0. The summed E-state index contributed by atoms with van der Waals surface area (Å²) in [6.45, 7) is 19.8. The molecule has 2 aromatic carbocycles. The number of hydrogen-bond acceptors (Lipinski definition) is 0. The van der Waals surface area contributed by atoms with Crippen molar-refractivity contribution >= 4 is 0 Å². The molecule has 0 atom stereocenters. The summed E-state index contributed by atoms with van der Waals surface area (Å²) in [5.41, 5.74) is 12.3. The fourth-order valence-corrected chi connectivity index (χ4v) is 2.80. The molecule has 0 amide bonds. The van der Waals surface area contributed by atoms with Crippen molar-refractivity contribution in [2.24, 2.45) is 0 Å². The van der Waals surface area contributed by atoms with Gasteiger partial charge in [-0.25, -0.2) is 0 Å². The van der Waals surface area contributed by atoms with Crippen molar-refractivity contribution in [3.8, 4) is 11.1 Å². The third kappa shape index (κ3) is 5.34. The lowest BCUT2D eigenvalue weighted by Crippen LogP contribution is -1.91. The van der Waals surface area contributed by atoms with Gasteiger partial charge < -0.3 is 0 Å². The van der Waals surface area contributed by atoms with Gasteiger partial charge in [0, 0.05) is 0 Å². The molecular formula is C26H28. The summed E-state index contributed by atoms with van der Waals surface area (Å²) in [7, 11) is 0. The van der Waals surface area contributed by atoms with Crippen molar-refractivity contribution in [1.82, 2.24) is 0 Å². The zero-order valence-corrected chi connectivity index (χ0v) is 16.1. The van der Waals surface area contributed by atoms with E-state index in [1.54, 1.807) is 0 Å². The molecule has 0 unspecified atom stereocenters. The van der Waals surface area contributed by atoms with E-state index in [1.165, 1.54) is 22.3 Å². The molecular weight excluding hydrogens is 312 g/mol. The molecule has 0 aromatic heterocycles. The number of allylic oxidation sites excluding steroid dienone is 4. The fourth-order valence-electron chi connectivity index (χ4n) is 2.80. The van der Waals surface area contributed by atoms with E-state index < -0.39 is 0 Å². The maximum absolute atomic E-state index is 4.07. The van der Waals surface area contributed by atoms with Gasteiger partial charge in [0.1, 0.15) is 0 Å². The molecule has 0 saturated carbocycles. The first-order chi connectivity index (χ1) is 12.4. The molecule has 0 heteroatoms. The highest BCUT2D eigenvalue weighted by Gasteiger charge is 2.03. The van der Waals surface area contributed by atoms with Gasteiger partial charge in [0.2, 0.25) is 0 Å². The molecule has 0 bridgehead atoms. The Hall–Kier alpha value is -2.82. The normalized spacial score (nSPS) is 10.1. The Bertz CT molecular complexity index is 851. The Labute approximate surface area is 158 Å². The Morgan fingerprint density at radius 3 is 1.69 bits per heavy atom. The van der Waals surface area contributed by atoms with Gasteiger partial charge in [-0.3, -0.25) is 0 Å². The van der Waals surface area contributed by atoms with Crippen molar-refractivity contribution in [2.75, 3.05) is 0 Å². The molecule has 26 heavy (non-hydrogen) atoms. The summed E-state index contributed by atoms with van der Waals surface area (Å²) in [5.74, 6) is 0. The molecule has 0 aliphatic heterocycles. The third-order valence-electron chi connectivity index (χ3n) is 4.65. The van der Waals surface area contributed by atoms with Gasteiger partial charge in [-0.05, 0) is 72.1 Å². The highest BCUT2D eigenvalue weighted by molar-refractivity contribution is 5.64. The first-order valence-corrected chi connectivity index (χ1v) is 8.97. The zero-order valence-electron chi connectivity index (χ0n) is 16.1. The second kappa shape index (κ2) is 9.04. The van der Waals surface area contributed by atoms with Crippen LogP contribution in [0.15, 0.2) is 103 Å². The molecule has 132 valence electrons. The van der Waals surface area contributed by atoms with Gasteiger partial charge in [-0.15, -0.1) is 5.73 Å². The molecule has 0 aliphatic rings. The van der Waals surface area contributed by atoms with E-state index in [0.717, 1.165) is 41.6 Å². The summed E-state index contributed by atoms with van der Waals surface area (Å²) < 4.78 is 0. The lowest BCUT2D eigenvalue weighted by Gasteiger charge is -2.08. The first-order valence-electron chi connectivity index (χ1n) is 8.97. The molecule has 0 fully saturated rings. The van der Waals surface area contributed by atoms with Crippen molar-refractivity contribution in [3.05, 3.63) is 114 Å². The Kier molecular flexibility index (Phi) is 6.78. The maximum Gasteiger partial charge on any atom is -0.00292 e. The predicted molar refractivity (Wildman–Crippen MR) is 115 cm³/mol. The van der Waals surface area contributed by atoms with Crippen LogP contribution in [0.4, 0.5) is 0 Å². The van der Waals surface area contributed by atoms with Crippen LogP contribution >= 0.6 is 0 Å². The summed E-state index contributed by atoms with van der Waals surface area (Å²) in [6, 6.07) is 17.5. The average Bonchev–Trinajstić information content (AvgIpc) is 2.63. The summed E-state index contributed by atoms with van der Waals surface area (Å²) in [6.07, 6.45) is 2.77. The smallest absolute Gasteiger partial charge is 0.00292 e. The lowest BCUT2D eigenvalue weighted by atomic mass is 9.97. The molecule has 2 rings (SSSR count).